The van der Waals surface area contributed by atoms with E-state index in [4.69, 9.17) is 0 Å². The Morgan fingerprint density at radius 3 is 2.70 bits per heavy atom. The van der Waals surface area contributed by atoms with E-state index >= 15 is 0 Å². The zero-order chi connectivity index (χ0) is 14.1. The summed E-state index contributed by atoms with van der Waals surface area (Å²) in [5.74, 6) is 0.875. The van der Waals surface area contributed by atoms with Gasteiger partial charge in [-0.2, -0.15) is 0 Å². The van der Waals surface area contributed by atoms with E-state index in [1.807, 2.05) is 0 Å². The molecule has 2 fully saturated rings. The van der Waals surface area contributed by atoms with Gasteiger partial charge in [0.2, 0.25) is 0 Å². The number of hydrogen-bond donors (Lipinski definition) is 1. The first-order valence-corrected chi connectivity index (χ1v) is 8.23. The molecule has 1 aliphatic heterocycles. The maximum Gasteiger partial charge on any atom is 0.0414 e. The van der Waals surface area contributed by atoms with Crippen molar-refractivity contribution in [2.24, 2.45) is 5.92 Å². The Labute approximate surface area is 123 Å². The molecule has 2 unspecified atom stereocenters. The summed E-state index contributed by atoms with van der Waals surface area (Å²) in [5, 5.41) is 3.68. The van der Waals surface area contributed by atoms with Crippen LogP contribution in [0.1, 0.15) is 50.7 Å². The van der Waals surface area contributed by atoms with Crippen LogP contribution in [0.5, 0.6) is 0 Å². The number of benzene rings is 1. The summed E-state index contributed by atoms with van der Waals surface area (Å²) in [6, 6.07) is 8.42. The van der Waals surface area contributed by atoms with E-state index < -0.39 is 0 Å². The van der Waals surface area contributed by atoms with Gasteiger partial charge < -0.3 is 10.2 Å². The zero-order valence-corrected chi connectivity index (χ0v) is 13.2. The van der Waals surface area contributed by atoms with Crippen LogP contribution in [0.3, 0.4) is 0 Å². The third kappa shape index (κ3) is 3.17. The Bertz CT molecular complexity index is 464. The molecular weight excluding hydrogens is 244 g/mol. The van der Waals surface area contributed by atoms with Gasteiger partial charge in [-0.25, -0.2) is 0 Å². The van der Waals surface area contributed by atoms with Crippen molar-refractivity contribution in [2.75, 3.05) is 11.4 Å². The summed E-state index contributed by atoms with van der Waals surface area (Å²) >= 11 is 0. The number of hydrogen-bond acceptors (Lipinski definition) is 2. The second-order valence-electron chi connectivity index (χ2n) is 6.96. The minimum absolute atomic E-state index is 0.668. The molecule has 0 radical (unpaired) electrons. The van der Waals surface area contributed by atoms with Gasteiger partial charge in [-0.3, -0.25) is 0 Å². The van der Waals surface area contributed by atoms with Crippen LogP contribution >= 0.6 is 0 Å². The average Bonchev–Trinajstić information content (AvgIpc) is 3.21. The molecule has 1 N–H and O–H groups in total. The molecule has 1 saturated carbocycles. The van der Waals surface area contributed by atoms with Gasteiger partial charge in [0.1, 0.15) is 0 Å². The molecule has 0 amide bonds. The van der Waals surface area contributed by atoms with Gasteiger partial charge in [0, 0.05) is 30.9 Å². The van der Waals surface area contributed by atoms with Gasteiger partial charge in [-0.15, -0.1) is 0 Å². The zero-order valence-electron chi connectivity index (χ0n) is 13.2. The third-order valence-corrected chi connectivity index (χ3v) is 4.84. The molecule has 110 valence electrons. The first kappa shape index (κ1) is 13.9. The molecule has 1 aliphatic carbocycles. The van der Waals surface area contributed by atoms with Crippen molar-refractivity contribution in [3.05, 3.63) is 29.3 Å². The highest BCUT2D eigenvalue weighted by atomic mass is 15.2. The molecule has 0 aromatic heterocycles. The molecule has 0 spiro atoms. The molecule has 0 bridgehead atoms. The first-order chi connectivity index (χ1) is 9.63. The lowest BCUT2D eigenvalue weighted by Gasteiger charge is -2.39. The lowest BCUT2D eigenvalue weighted by atomic mass is 9.92. The minimum Gasteiger partial charge on any atom is -0.369 e. The molecule has 2 aliphatic rings. The van der Waals surface area contributed by atoms with E-state index in [0.29, 0.717) is 6.04 Å². The van der Waals surface area contributed by atoms with Crippen LogP contribution in [-0.2, 0) is 6.54 Å². The normalized spacial score (nSPS) is 26.9. The van der Waals surface area contributed by atoms with Crippen LogP contribution < -0.4 is 10.2 Å². The number of piperidine rings is 1. The van der Waals surface area contributed by atoms with Crippen molar-refractivity contribution in [3.8, 4) is 0 Å². The fraction of sp³-hybridized carbons (Fsp3) is 0.667. The Morgan fingerprint density at radius 2 is 2.00 bits per heavy atom. The van der Waals surface area contributed by atoms with E-state index in [0.717, 1.165) is 18.5 Å². The fourth-order valence-electron chi connectivity index (χ4n) is 3.44. The third-order valence-electron chi connectivity index (χ3n) is 4.84. The van der Waals surface area contributed by atoms with Crippen LogP contribution in [0.2, 0.25) is 0 Å². The fourth-order valence-corrected chi connectivity index (χ4v) is 3.44. The molecule has 1 aromatic carbocycles. The SMILES string of the molecule is Cc1ccc(N2CCC(C)CC2C)c(CNC2CC2)c1. The van der Waals surface area contributed by atoms with Crippen LogP contribution in [0.25, 0.3) is 0 Å². The summed E-state index contributed by atoms with van der Waals surface area (Å²) in [7, 11) is 0. The van der Waals surface area contributed by atoms with Crippen molar-refractivity contribution >= 4 is 5.69 Å². The van der Waals surface area contributed by atoms with E-state index in [1.165, 1.54) is 49.0 Å². The van der Waals surface area contributed by atoms with Gasteiger partial charge in [0.15, 0.2) is 0 Å². The standard InChI is InChI=1S/C18H28N2/c1-13-4-7-18(16(11-13)12-19-17-5-6-17)20-9-8-14(2)10-15(20)3/h4,7,11,14-15,17,19H,5-6,8-10,12H2,1-3H3. The van der Waals surface area contributed by atoms with Crippen molar-refractivity contribution in [3.63, 3.8) is 0 Å². The quantitative estimate of drug-likeness (QED) is 0.895. The lowest BCUT2D eigenvalue weighted by Crippen LogP contribution is -2.41. The van der Waals surface area contributed by atoms with Gasteiger partial charge in [0.25, 0.3) is 0 Å². The van der Waals surface area contributed by atoms with Crippen LogP contribution in [0.15, 0.2) is 18.2 Å². The average molecular weight is 272 g/mol. The molecule has 1 heterocycles. The van der Waals surface area contributed by atoms with E-state index in [2.05, 4.69) is 49.2 Å². The van der Waals surface area contributed by atoms with E-state index in [9.17, 15) is 0 Å². The summed E-state index contributed by atoms with van der Waals surface area (Å²) in [6.07, 6.45) is 5.37. The predicted octanol–water partition coefficient (Wildman–Crippen LogP) is 3.87. The second-order valence-corrected chi connectivity index (χ2v) is 6.96. The Balaban J connectivity index is 1.79. The maximum absolute atomic E-state index is 3.68. The van der Waals surface area contributed by atoms with E-state index in [1.54, 1.807) is 0 Å². The molecule has 2 atom stereocenters. The highest BCUT2D eigenvalue weighted by Gasteiger charge is 2.25. The van der Waals surface area contributed by atoms with Gasteiger partial charge in [-0.1, -0.05) is 24.6 Å². The smallest absolute Gasteiger partial charge is 0.0414 e. The summed E-state index contributed by atoms with van der Waals surface area (Å²) in [5.41, 5.74) is 4.32. The number of rotatable bonds is 4. The van der Waals surface area contributed by atoms with Gasteiger partial charge in [-0.05, 0) is 57.1 Å². The summed E-state index contributed by atoms with van der Waals surface area (Å²) in [4.78, 5) is 2.63. The Morgan fingerprint density at radius 1 is 1.20 bits per heavy atom. The monoisotopic (exact) mass is 272 g/mol. The molecule has 2 heteroatoms. The van der Waals surface area contributed by atoms with Crippen LogP contribution in [0, 0.1) is 12.8 Å². The van der Waals surface area contributed by atoms with Crippen molar-refractivity contribution in [1.82, 2.24) is 5.32 Å². The molecule has 1 saturated heterocycles. The molecule has 20 heavy (non-hydrogen) atoms. The highest BCUT2D eigenvalue weighted by molar-refractivity contribution is 5.56. The topological polar surface area (TPSA) is 15.3 Å². The van der Waals surface area contributed by atoms with Gasteiger partial charge >= 0.3 is 0 Å². The second kappa shape index (κ2) is 5.77. The van der Waals surface area contributed by atoms with Crippen LogP contribution in [0.4, 0.5) is 5.69 Å². The summed E-state index contributed by atoms with van der Waals surface area (Å²) in [6.45, 7) is 9.21. The predicted molar refractivity (Wildman–Crippen MR) is 86.2 cm³/mol. The molecule has 2 nitrogen and oxygen atoms in total. The summed E-state index contributed by atoms with van der Waals surface area (Å²) < 4.78 is 0. The molecular formula is C18H28N2. The number of aryl methyl sites for hydroxylation is 1. The van der Waals surface area contributed by atoms with E-state index in [-0.39, 0.29) is 0 Å². The lowest BCUT2D eigenvalue weighted by molar-refractivity contribution is 0.377. The molecule has 3 rings (SSSR count). The highest BCUT2D eigenvalue weighted by Crippen LogP contribution is 2.31. The van der Waals surface area contributed by atoms with Crippen molar-refractivity contribution < 1.29 is 0 Å². The Kier molecular flexibility index (Phi) is 4.02. The van der Waals surface area contributed by atoms with Crippen molar-refractivity contribution in [2.45, 2.75) is 65.1 Å². The number of nitrogens with zero attached hydrogens (tertiary/aromatic N) is 1. The Hall–Kier alpha value is -1.02. The minimum atomic E-state index is 0.668. The maximum atomic E-state index is 3.68. The number of anilines is 1. The van der Waals surface area contributed by atoms with Crippen LogP contribution in [-0.4, -0.2) is 18.6 Å². The van der Waals surface area contributed by atoms with Gasteiger partial charge in [0.05, 0.1) is 0 Å². The largest absolute Gasteiger partial charge is 0.369 e. The first-order valence-electron chi connectivity index (χ1n) is 8.23. The molecule has 1 aromatic rings. The van der Waals surface area contributed by atoms with Crippen molar-refractivity contribution in [1.29, 1.82) is 0 Å². The number of nitrogens with one attached hydrogen (secondary N) is 1.